The molecule has 6 heteroatoms. The van der Waals surface area contributed by atoms with Gasteiger partial charge < -0.3 is 4.74 Å². The monoisotopic (exact) mass is 300 g/mol. The van der Waals surface area contributed by atoms with Gasteiger partial charge in [-0.2, -0.15) is 21.4 Å². The topological polar surface area (TPSA) is 52.3 Å². The van der Waals surface area contributed by atoms with Gasteiger partial charge in [0.2, 0.25) is 5.88 Å². The minimum absolute atomic E-state index is 0.417. The van der Waals surface area contributed by atoms with Gasteiger partial charge in [-0.15, -0.1) is 0 Å². The van der Waals surface area contributed by atoms with Crippen LogP contribution in [0.25, 0.3) is 5.65 Å². The zero-order valence-electron chi connectivity index (χ0n) is 11.8. The number of thioether (sulfide) groups is 1. The standard InChI is InChI=1S/C15H16N4OS/c1-2-21-11-13-9-15(19-14(18-13)6-8-17-19)20-10-12-5-3-4-7-16-12/h3-9H,2,10-11H2,1H3. The van der Waals surface area contributed by atoms with Gasteiger partial charge in [-0.25, -0.2) is 4.98 Å². The van der Waals surface area contributed by atoms with Crippen molar-refractivity contribution >= 4 is 17.4 Å². The van der Waals surface area contributed by atoms with Crippen LogP contribution >= 0.6 is 11.8 Å². The summed E-state index contributed by atoms with van der Waals surface area (Å²) in [5.41, 5.74) is 2.70. The summed E-state index contributed by atoms with van der Waals surface area (Å²) in [6.45, 7) is 2.56. The first-order valence-corrected chi connectivity index (χ1v) is 7.96. The lowest BCUT2D eigenvalue weighted by molar-refractivity contribution is 0.281. The summed E-state index contributed by atoms with van der Waals surface area (Å²) in [5.74, 6) is 2.64. The first kappa shape index (κ1) is 13.9. The lowest BCUT2D eigenvalue weighted by Gasteiger charge is -2.09. The van der Waals surface area contributed by atoms with Crippen molar-refractivity contribution in [3.63, 3.8) is 0 Å². The van der Waals surface area contributed by atoms with E-state index in [-0.39, 0.29) is 0 Å². The van der Waals surface area contributed by atoms with E-state index in [2.05, 4.69) is 22.0 Å². The van der Waals surface area contributed by atoms with E-state index < -0.39 is 0 Å². The molecule has 0 atom stereocenters. The summed E-state index contributed by atoms with van der Waals surface area (Å²) < 4.78 is 7.58. The molecule has 3 rings (SSSR count). The molecule has 0 aliphatic rings. The Morgan fingerprint density at radius 1 is 1.19 bits per heavy atom. The van der Waals surface area contributed by atoms with Crippen molar-refractivity contribution in [2.24, 2.45) is 0 Å². The average Bonchev–Trinajstić information content (AvgIpc) is 3.00. The van der Waals surface area contributed by atoms with Crippen molar-refractivity contribution in [3.8, 4) is 5.88 Å². The first-order chi connectivity index (χ1) is 10.4. The molecule has 0 fully saturated rings. The van der Waals surface area contributed by atoms with Crippen molar-refractivity contribution in [1.82, 2.24) is 19.6 Å². The highest BCUT2D eigenvalue weighted by atomic mass is 32.2. The van der Waals surface area contributed by atoms with Crippen molar-refractivity contribution in [2.75, 3.05) is 5.75 Å². The Labute approximate surface area is 127 Å². The molecule has 3 heterocycles. The molecule has 0 aromatic carbocycles. The summed E-state index contributed by atoms with van der Waals surface area (Å²) >= 11 is 1.84. The number of hydrogen-bond donors (Lipinski definition) is 0. The van der Waals surface area contributed by atoms with Crippen molar-refractivity contribution in [2.45, 2.75) is 19.3 Å². The zero-order valence-corrected chi connectivity index (χ0v) is 12.6. The Balaban J connectivity index is 1.83. The van der Waals surface area contributed by atoms with Crippen LogP contribution in [0, 0.1) is 0 Å². The highest BCUT2D eigenvalue weighted by Crippen LogP contribution is 2.19. The average molecular weight is 300 g/mol. The first-order valence-electron chi connectivity index (χ1n) is 6.81. The molecule has 0 N–H and O–H groups in total. The van der Waals surface area contributed by atoms with Gasteiger partial charge in [-0.3, -0.25) is 4.98 Å². The van der Waals surface area contributed by atoms with Crippen LogP contribution in [0.5, 0.6) is 5.88 Å². The van der Waals surface area contributed by atoms with Gasteiger partial charge in [0, 0.05) is 24.1 Å². The Morgan fingerprint density at radius 3 is 2.95 bits per heavy atom. The Bertz CT molecular complexity index is 714. The third-order valence-electron chi connectivity index (χ3n) is 2.93. The van der Waals surface area contributed by atoms with Crippen molar-refractivity contribution in [3.05, 3.63) is 54.1 Å². The molecule has 0 radical (unpaired) electrons. The predicted octanol–water partition coefficient (Wildman–Crippen LogP) is 2.96. The SMILES string of the molecule is CCSCc1cc(OCc2ccccn2)n2nccc2n1. The van der Waals surface area contributed by atoms with Gasteiger partial charge in [0.25, 0.3) is 0 Å². The quantitative estimate of drug-likeness (QED) is 0.700. The second-order valence-corrected chi connectivity index (χ2v) is 5.71. The molecule has 0 spiro atoms. The highest BCUT2D eigenvalue weighted by Gasteiger charge is 2.08. The van der Waals surface area contributed by atoms with Crippen LogP contribution in [0.15, 0.2) is 42.7 Å². The normalized spacial score (nSPS) is 10.9. The van der Waals surface area contributed by atoms with E-state index in [9.17, 15) is 0 Å². The van der Waals surface area contributed by atoms with Gasteiger partial charge in [-0.1, -0.05) is 13.0 Å². The molecule has 0 aliphatic carbocycles. The summed E-state index contributed by atoms with van der Waals surface area (Å²) in [6.07, 6.45) is 3.49. The lowest BCUT2D eigenvalue weighted by Crippen LogP contribution is -2.05. The van der Waals surface area contributed by atoms with E-state index in [1.807, 2.05) is 42.1 Å². The van der Waals surface area contributed by atoms with E-state index >= 15 is 0 Å². The second-order valence-electron chi connectivity index (χ2n) is 4.43. The summed E-state index contributed by atoms with van der Waals surface area (Å²) in [5, 5.41) is 4.25. The number of rotatable bonds is 6. The van der Waals surface area contributed by atoms with Gasteiger partial charge >= 0.3 is 0 Å². The molecule has 21 heavy (non-hydrogen) atoms. The van der Waals surface area contributed by atoms with E-state index in [0.29, 0.717) is 12.5 Å². The van der Waals surface area contributed by atoms with Crippen LogP contribution in [0.2, 0.25) is 0 Å². The second kappa shape index (κ2) is 6.58. The molecule has 3 aromatic heterocycles. The van der Waals surface area contributed by atoms with Crippen LogP contribution in [0.4, 0.5) is 0 Å². The Morgan fingerprint density at radius 2 is 2.14 bits per heavy atom. The molecule has 0 amide bonds. The number of hydrogen-bond acceptors (Lipinski definition) is 5. The molecule has 108 valence electrons. The fourth-order valence-electron chi connectivity index (χ4n) is 1.95. The molecule has 3 aromatic rings. The molecule has 0 bridgehead atoms. The molecule has 5 nitrogen and oxygen atoms in total. The maximum atomic E-state index is 5.87. The molecule has 0 saturated carbocycles. The van der Waals surface area contributed by atoms with E-state index in [4.69, 9.17) is 4.74 Å². The molecular weight excluding hydrogens is 284 g/mol. The number of ether oxygens (including phenoxy) is 1. The smallest absolute Gasteiger partial charge is 0.218 e. The number of nitrogens with zero attached hydrogens (tertiary/aromatic N) is 4. The van der Waals surface area contributed by atoms with Gasteiger partial charge in [0.1, 0.15) is 6.61 Å². The van der Waals surface area contributed by atoms with Crippen LogP contribution < -0.4 is 4.74 Å². The van der Waals surface area contributed by atoms with Crippen molar-refractivity contribution in [1.29, 1.82) is 0 Å². The number of pyridine rings is 1. The van der Waals surface area contributed by atoms with Gasteiger partial charge in [0.15, 0.2) is 5.65 Å². The van der Waals surface area contributed by atoms with E-state index in [1.165, 1.54) is 0 Å². The Hall–Kier alpha value is -2.08. The summed E-state index contributed by atoms with van der Waals surface area (Å²) in [7, 11) is 0. The third-order valence-corrected chi connectivity index (χ3v) is 3.84. The lowest BCUT2D eigenvalue weighted by atomic mass is 10.4. The predicted molar refractivity (Wildman–Crippen MR) is 83.4 cm³/mol. The highest BCUT2D eigenvalue weighted by molar-refractivity contribution is 7.98. The molecular formula is C15H16N4OS. The van der Waals surface area contributed by atoms with Gasteiger partial charge in [-0.05, 0) is 17.9 Å². The zero-order chi connectivity index (χ0) is 14.5. The fourth-order valence-corrected chi connectivity index (χ4v) is 2.51. The van der Waals surface area contributed by atoms with Gasteiger partial charge in [0.05, 0.1) is 17.6 Å². The van der Waals surface area contributed by atoms with Crippen LogP contribution in [-0.2, 0) is 12.4 Å². The molecule has 0 saturated heterocycles. The fraction of sp³-hybridized carbons (Fsp3) is 0.267. The number of aromatic nitrogens is 4. The molecule has 0 aliphatic heterocycles. The Kier molecular flexibility index (Phi) is 4.35. The van der Waals surface area contributed by atoms with E-state index in [0.717, 1.165) is 28.5 Å². The van der Waals surface area contributed by atoms with Crippen LogP contribution in [0.3, 0.4) is 0 Å². The number of fused-ring (bicyclic) bond motifs is 1. The van der Waals surface area contributed by atoms with Crippen molar-refractivity contribution < 1.29 is 4.74 Å². The largest absolute Gasteiger partial charge is 0.471 e. The van der Waals surface area contributed by atoms with Crippen LogP contribution in [0.1, 0.15) is 18.3 Å². The molecule has 0 unspecified atom stereocenters. The van der Waals surface area contributed by atoms with Crippen LogP contribution in [-0.4, -0.2) is 25.3 Å². The summed E-state index contributed by atoms with van der Waals surface area (Å²) in [6, 6.07) is 9.61. The minimum Gasteiger partial charge on any atom is -0.471 e. The minimum atomic E-state index is 0.417. The summed E-state index contributed by atoms with van der Waals surface area (Å²) in [4.78, 5) is 8.83. The maximum absolute atomic E-state index is 5.87. The third kappa shape index (κ3) is 3.33. The van der Waals surface area contributed by atoms with E-state index in [1.54, 1.807) is 16.9 Å². The maximum Gasteiger partial charge on any atom is 0.218 e.